The van der Waals surface area contributed by atoms with Crippen molar-refractivity contribution < 1.29 is 13.7 Å². The molecule has 0 spiro atoms. The molecule has 1 amide bonds. The van der Waals surface area contributed by atoms with E-state index in [9.17, 15) is 4.79 Å². The summed E-state index contributed by atoms with van der Waals surface area (Å²) in [6.45, 7) is 4.10. The van der Waals surface area contributed by atoms with E-state index in [0.717, 1.165) is 22.4 Å². The van der Waals surface area contributed by atoms with E-state index in [0.29, 0.717) is 23.1 Å². The molecule has 140 valence electrons. The van der Waals surface area contributed by atoms with Gasteiger partial charge in [0.2, 0.25) is 11.8 Å². The molecule has 0 saturated heterocycles. The fraction of sp³-hybridized carbons (Fsp3) is 0.143. The van der Waals surface area contributed by atoms with Crippen molar-refractivity contribution in [1.82, 2.24) is 20.7 Å². The summed E-state index contributed by atoms with van der Waals surface area (Å²) in [5.74, 6) is 1.28. The number of benzene rings is 2. The van der Waals surface area contributed by atoms with Gasteiger partial charge < -0.3 is 14.3 Å². The Labute approximate surface area is 161 Å². The van der Waals surface area contributed by atoms with Gasteiger partial charge in [0.25, 0.3) is 5.91 Å². The Morgan fingerprint density at radius 3 is 2.46 bits per heavy atom. The summed E-state index contributed by atoms with van der Waals surface area (Å²) in [4.78, 5) is 12.3. The van der Waals surface area contributed by atoms with Crippen LogP contribution in [-0.4, -0.2) is 21.3 Å². The number of nitrogens with zero attached hydrogens (tertiary/aromatic N) is 3. The van der Waals surface area contributed by atoms with Crippen LogP contribution >= 0.6 is 0 Å². The predicted molar refractivity (Wildman–Crippen MR) is 102 cm³/mol. The maximum atomic E-state index is 12.3. The first-order valence-corrected chi connectivity index (χ1v) is 8.80. The van der Waals surface area contributed by atoms with Gasteiger partial charge in [-0.05, 0) is 49.7 Å². The van der Waals surface area contributed by atoms with Crippen LogP contribution in [0.5, 0.6) is 0 Å². The predicted octanol–water partition coefficient (Wildman–Crippen LogP) is 3.94. The van der Waals surface area contributed by atoms with Gasteiger partial charge in [0.1, 0.15) is 0 Å². The van der Waals surface area contributed by atoms with Crippen LogP contribution in [0.4, 0.5) is 0 Å². The third kappa shape index (κ3) is 3.68. The van der Waals surface area contributed by atoms with Crippen LogP contribution < -0.4 is 5.32 Å². The first-order valence-electron chi connectivity index (χ1n) is 8.80. The van der Waals surface area contributed by atoms with Crippen molar-refractivity contribution in [2.45, 2.75) is 20.4 Å². The Morgan fingerprint density at radius 1 is 1.00 bits per heavy atom. The number of rotatable bonds is 5. The lowest BCUT2D eigenvalue weighted by molar-refractivity contribution is 0.0947. The van der Waals surface area contributed by atoms with E-state index < -0.39 is 0 Å². The summed E-state index contributed by atoms with van der Waals surface area (Å²) in [7, 11) is 0. The third-order valence-electron chi connectivity index (χ3n) is 4.29. The second-order valence-electron chi connectivity index (χ2n) is 6.42. The lowest BCUT2D eigenvalue weighted by atomic mass is 10.1. The minimum absolute atomic E-state index is 0.202. The second-order valence-corrected chi connectivity index (χ2v) is 6.42. The highest BCUT2D eigenvalue weighted by Crippen LogP contribution is 2.26. The highest BCUT2D eigenvalue weighted by Gasteiger charge is 2.13. The normalized spacial score (nSPS) is 10.8. The van der Waals surface area contributed by atoms with Crippen molar-refractivity contribution in [3.63, 3.8) is 0 Å². The van der Waals surface area contributed by atoms with Crippen LogP contribution in [0.25, 0.3) is 22.9 Å². The zero-order valence-electron chi connectivity index (χ0n) is 15.5. The van der Waals surface area contributed by atoms with Gasteiger partial charge in [-0.25, -0.2) is 0 Å². The van der Waals surface area contributed by atoms with Gasteiger partial charge in [-0.1, -0.05) is 23.4 Å². The molecule has 4 rings (SSSR count). The number of hydrogen-bond donors (Lipinski definition) is 1. The van der Waals surface area contributed by atoms with Gasteiger partial charge in [0, 0.05) is 22.8 Å². The fourth-order valence-corrected chi connectivity index (χ4v) is 2.79. The molecule has 0 unspecified atom stereocenters. The fourth-order valence-electron chi connectivity index (χ4n) is 2.79. The molecule has 28 heavy (non-hydrogen) atoms. The standard InChI is InChI=1S/C21H18N4O3/c1-13-5-3-4-6-18(13)21-24-23-20(27-21)16-9-7-15(8-10-16)19(26)22-12-17-11-14(2)25-28-17/h3-11H,12H2,1-2H3,(H,22,26). The number of hydrogen-bond acceptors (Lipinski definition) is 6. The number of amides is 1. The highest BCUT2D eigenvalue weighted by atomic mass is 16.5. The molecule has 0 saturated carbocycles. The molecule has 4 aromatic rings. The summed E-state index contributed by atoms with van der Waals surface area (Å²) < 4.78 is 10.9. The van der Waals surface area contributed by atoms with Crippen molar-refractivity contribution in [3.8, 4) is 22.9 Å². The van der Waals surface area contributed by atoms with Crippen LogP contribution in [0, 0.1) is 13.8 Å². The Kier molecular flexibility index (Phi) is 4.72. The molecular weight excluding hydrogens is 356 g/mol. The smallest absolute Gasteiger partial charge is 0.251 e. The molecule has 0 aliphatic heterocycles. The van der Waals surface area contributed by atoms with Gasteiger partial charge >= 0.3 is 0 Å². The van der Waals surface area contributed by atoms with Crippen LogP contribution in [0.1, 0.15) is 27.4 Å². The number of carbonyl (C=O) groups excluding carboxylic acids is 1. The van der Waals surface area contributed by atoms with Gasteiger partial charge in [-0.15, -0.1) is 10.2 Å². The number of carbonyl (C=O) groups is 1. The van der Waals surface area contributed by atoms with Crippen molar-refractivity contribution in [2.24, 2.45) is 0 Å². The zero-order chi connectivity index (χ0) is 19.5. The molecule has 0 atom stereocenters. The van der Waals surface area contributed by atoms with Gasteiger partial charge in [-0.3, -0.25) is 4.79 Å². The molecule has 2 aromatic carbocycles. The molecule has 7 heteroatoms. The summed E-state index contributed by atoms with van der Waals surface area (Å²) in [5.41, 5.74) is 4.01. The first kappa shape index (κ1) is 17.7. The van der Waals surface area contributed by atoms with Crippen molar-refractivity contribution in [1.29, 1.82) is 0 Å². The SMILES string of the molecule is Cc1cc(CNC(=O)c2ccc(-c3nnc(-c4ccccc4C)o3)cc2)on1. The molecule has 0 bridgehead atoms. The Hall–Kier alpha value is -3.74. The molecule has 2 heterocycles. The quantitative estimate of drug-likeness (QED) is 0.569. The van der Waals surface area contributed by atoms with Gasteiger partial charge in [0.05, 0.1) is 12.2 Å². The van der Waals surface area contributed by atoms with Crippen molar-refractivity contribution >= 4 is 5.91 Å². The first-order chi connectivity index (χ1) is 13.6. The molecule has 0 fully saturated rings. The average Bonchev–Trinajstić information content (AvgIpc) is 3.36. The molecule has 0 aliphatic carbocycles. The maximum Gasteiger partial charge on any atom is 0.251 e. The third-order valence-corrected chi connectivity index (χ3v) is 4.29. The average molecular weight is 374 g/mol. The van der Waals surface area contributed by atoms with E-state index >= 15 is 0 Å². The van der Waals surface area contributed by atoms with Crippen molar-refractivity contribution in [3.05, 3.63) is 77.2 Å². The topological polar surface area (TPSA) is 94.1 Å². The van der Waals surface area contributed by atoms with E-state index in [2.05, 4.69) is 20.7 Å². The molecule has 0 aliphatic rings. The minimum atomic E-state index is -0.202. The van der Waals surface area contributed by atoms with Crippen LogP contribution in [0.3, 0.4) is 0 Å². The van der Waals surface area contributed by atoms with E-state index in [1.807, 2.05) is 38.1 Å². The van der Waals surface area contributed by atoms with Gasteiger partial charge in [0.15, 0.2) is 5.76 Å². The van der Waals surface area contributed by atoms with Crippen LogP contribution in [0.15, 0.2) is 63.5 Å². The highest BCUT2D eigenvalue weighted by molar-refractivity contribution is 5.94. The molecular formula is C21H18N4O3. The van der Waals surface area contributed by atoms with Crippen LogP contribution in [0.2, 0.25) is 0 Å². The Balaban J connectivity index is 1.46. The van der Waals surface area contributed by atoms with Crippen molar-refractivity contribution in [2.75, 3.05) is 0 Å². The zero-order valence-corrected chi connectivity index (χ0v) is 15.5. The number of aromatic nitrogens is 3. The second kappa shape index (κ2) is 7.48. The van der Waals surface area contributed by atoms with Gasteiger partial charge in [-0.2, -0.15) is 0 Å². The minimum Gasteiger partial charge on any atom is -0.416 e. The van der Waals surface area contributed by atoms with Crippen LogP contribution in [-0.2, 0) is 6.54 Å². The molecule has 2 aromatic heterocycles. The number of aryl methyl sites for hydroxylation is 2. The summed E-state index contributed by atoms with van der Waals surface area (Å²) in [6, 6.07) is 16.6. The summed E-state index contributed by atoms with van der Waals surface area (Å²) in [6.07, 6.45) is 0. The van der Waals surface area contributed by atoms with E-state index in [4.69, 9.17) is 8.94 Å². The van der Waals surface area contributed by atoms with E-state index in [1.54, 1.807) is 30.3 Å². The lowest BCUT2D eigenvalue weighted by Gasteiger charge is -2.03. The molecule has 1 N–H and O–H groups in total. The van der Waals surface area contributed by atoms with E-state index in [1.165, 1.54) is 0 Å². The monoisotopic (exact) mass is 374 g/mol. The largest absolute Gasteiger partial charge is 0.416 e. The molecule has 0 radical (unpaired) electrons. The lowest BCUT2D eigenvalue weighted by Crippen LogP contribution is -2.22. The summed E-state index contributed by atoms with van der Waals surface area (Å²) >= 11 is 0. The number of nitrogens with one attached hydrogen (secondary N) is 1. The molecule has 7 nitrogen and oxygen atoms in total. The summed E-state index contributed by atoms with van der Waals surface area (Å²) in [5, 5.41) is 14.8. The maximum absolute atomic E-state index is 12.3. The van der Waals surface area contributed by atoms with E-state index in [-0.39, 0.29) is 12.5 Å². The Bertz CT molecular complexity index is 1110. The Morgan fingerprint density at radius 2 is 1.75 bits per heavy atom.